The summed E-state index contributed by atoms with van der Waals surface area (Å²) in [6.07, 6.45) is 3.25. The molecule has 0 saturated carbocycles. The first-order valence-corrected chi connectivity index (χ1v) is 10.5. The molecule has 0 bridgehead atoms. The molecule has 0 atom stereocenters. The number of hydrogen-bond acceptors (Lipinski definition) is 6. The van der Waals surface area contributed by atoms with Gasteiger partial charge >= 0.3 is 0 Å². The van der Waals surface area contributed by atoms with Crippen molar-refractivity contribution in [3.05, 3.63) is 54.4 Å². The van der Waals surface area contributed by atoms with Gasteiger partial charge in [0.05, 0.1) is 37.4 Å². The van der Waals surface area contributed by atoms with Crippen LogP contribution in [0.25, 0.3) is 0 Å². The smallest absolute Gasteiger partial charge is 0.254 e. The van der Waals surface area contributed by atoms with Gasteiger partial charge in [0.2, 0.25) is 10.0 Å². The Labute approximate surface area is 163 Å². The lowest BCUT2D eigenvalue weighted by atomic mass is 10.1. The van der Waals surface area contributed by atoms with Crippen molar-refractivity contribution in [1.82, 2.24) is 14.2 Å². The summed E-state index contributed by atoms with van der Waals surface area (Å²) in [5, 5.41) is 0. The van der Waals surface area contributed by atoms with Gasteiger partial charge in [0.1, 0.15) is 11.9 Å². The third-order valence-corrected chi connectivity index (χ3v) is 6.69. The largest absolute Gasteiger partial charge is 0.485 e. The summed E-state index contributed by atoms with van der Waals surface area (Å²) in [6, 6.07) is 9.72. The van der Waals surface area contributed by atoms with Crippen LogP contribution in [0.4, 0.5) is 0 Å². The molecule has 9 heteroatoms. The van der Waals surface area contributed by atoms with Gasteiger partial charge in [-0.3, -0.25) is 9.78 Å². The number of morpholine rings is 1. The molecule has 0 aliphatic carbocycles. The number of carbonyl (C=O) groups excluding carboxylic acids is 1. The number of sulfonamides is 1. The van der Waals surface area contributed by atoms with E-state index in [1.54, 1.807) is 35.5 Å². The molecule has 1 aromatic carbocycles. The molecule has 0 spiro atoms. The predicted octanol–water partition coefficient (Wildman–Crippen LogP) is 1.01. The third-order valence-electron chi connectivity index (χ3n) is 4.78. The third kappa shape index (κ3) is 3.87. The molecule has 2 aliphatic heterocycles. The Bertz CT molecular complexity index is 922. The molecule has 1 aromatic heterocycles. The average Bonchev–Trinajstić information content (AvgIpc) is 2.71. The maximum atomic E-state index is 12.6. The van der Waals surface area contributed by atoms with Crippen LogP contribution in [0.15, 0.2) is 53.7 Å². The monoisotopic (exact) mass is 403 g/mol. The summed E-state index contributed by atoms with van der Waals surface area (Å²) in [5.41, 5.74) is 0.459. The van der Waals surface area contributed by atoms with Crippen molar-refractivity contribution < 1.29 is 22.7 Å². The van der Waals surface area contributed by atoms with E-state index in [2.05, 4.69) is 4.98 Å². The molecular formula is C19H21N3O5S. The Balaban J connectivity index is 1.36. The van der Waals surface area contributed by atoms with Crippen LogP contribution in [0.2, 0.25) is 0 Å². The highest BCUT2D eigenvalue weighted by Crippen LogP contribution is 2.21. The SMILES string of the molecule is O=C(c1ccc(S(=O)(=O)N2CCOCC2)cc1)N1CC(Oc2cccnc2)C1. The molecule has 2 aromatic rings. The molecule has 0 N–H and O–H groups in total. The van der Waals surface area contributed by atoms with Crippen LogP contribution in [-0.2, 0) is 14.8 Å². The molecule has 8 nitrogen and oxygen atoms in total. The second-order valence-corrected chi connectivity index (χ2v) is 8.62. The van der Waals surface area contributed by atoms with Gasteiger partial charge in [0.25, 0.3) is 5.91 Å². The van der Waals surface area contributed by atoms with Gasteiger partial charge in [0, 0.05) is 24.8 Å². The zero-order chi connectivity index (χ0) is 19.6. The predicted molar refractivity (Wildman–Crippen MR) is 101 cm³/mol. The number of nitrogens with zero attached hydrogens (tertiary/aromatic N) is 3. The van der Waals surface area contributed by atoms with Crippen LogP contribution in [0, 0.1) is 0 Å². The minimum absolute atomic E-state index is 0.0610. The number of ether oxygens (including phenoxy) is 2. The molecule has 148 valence electrons. The molecule has 28 heavy (non-hydrogen) atoms. The normalized spacial score (nSPS) is 18.5. The Kier molecular flexibility index (Phi) is 5.29. The van der Waals surface area contributed by atoms with E-state index in [0.717, 1.165) is 0 Å². The highest BCUT2D eigenvalue weighted by molar-refractivity contribution is 7.89. The first-order chi connectivity index (χ1) is 13.5. The van der Waals surface area contributed by atoms with Crippen LogP contribution in [-0.4, -0.2) is 74.0 Å². The first-order valence-electron chi connectivity index (χ1n) is 9.08. The number of amides is 1. The van der Waals surface area contributed by atoms with Crippen molar-refractivity contribution in [1.29, 1.82) is 0 Å². The fraction of sp³-hybridized carbons (Fsp3) is 0.368. The quantitative estimate of drug-likeness (QED) is 0.740. The Morgan fingerprint density at radius 3 is 2.46 bits per heavy atom. The minimum Gasteiger partial charge on any atom is -0.485 e. The molecular weight excluding hydrogens is 382 g/mol. The number of benzene rings is 1. The lowest BCUT2D eigenvalue weighted by Gasteiger charge is -2.38. The fourth-order valence-electron chi connectivity index (χ4n) is 3.18. The van der Waals surface area contributed by atoms with Crippen LogP contribution in [0.1, 0.15) is 10.4 Å². The number of carbonyl (C=O) groups is 1. The van der Waals surface area contributed by atoms with E-state index in [4.69, 9.17) is 9.47 Å². The van der Waals surface area contributed by atoms with Gasteiger partial charge in [-0.2, -0.15) is 4.31 Å². The molecule has 3 heterocycles. The van der Waals surface area contributed by atoms with Crippen molar-refractivity contribution in [3.63, 3.8) is 0 Å². The van der Waals surface area contributed by atoms with E-state index in [-0.39, 0.29) is 16.9 Å². The molecule has 2 aliphatic rings. The average molecular weight is 403 g/mol. The Morgan fingerprint density at radius 1 is 1.11 bits per heavy atom. The van der Waals surface area contributed by atoms with Gasteiger partial charge in [-0.05, 0) is 36.4 Å². The van der Waals surface area contributed by atoms with Crippen LogP contribution >= 0.6 is 0 Å². The van der Waals surface area contributed by atoms with E-state index in [9.17, 15) is 13.2 Å². The van der Waals surface area contributed by atoms with Gasteiger partial charge in [-0.1, -0.05) is 0 Å². The lowest BCUT2D eigenvalue weighted by Crippen LogP contribution is -2.56. The highest BCUT2D eigenvalue weighted by Gasteiger charge is 2.33. The highest BCUT2D eigenvalue weighted by atomic mass is 32.2. The molecule has 2 saturated heterocycles. The van der Waals surface area contributed by atoms with Crippen LogP contribution in [0.5, 0.6) is 5.75 Å². The zero-order valence-corrected chi connectivity index (χ0v) is 16.0. The van der Waals surface area contributed by atoms with E-state index in [0.29, 0.717) is 50.7 Å². The summed E-state index contributed by atoms with van der Waals surface area (Å²) in [6.45, 7) is 2.45. The lowest BCUT2D eigenvalue weighted by molar-refractivity contribution is 0.0176. The standard InChI is InChI=1S/C19H21N3O5S/c23-19(21-13-17(14-21)27-16-2-1-7-20-12-16)15-3-5-18(6-4-15)28(24,25)22-8-10-26-11-9-22/h1-7,12,17H,8-11,13-14H2. The van der Waals surface area contributed by atoms with E-state index in [1.807, 2.05) is 6.07 Å². The topological polar surface area (TPSA) is 89.0 Å². The maximum absolute atomic E-state index is 12.6. The van der Waals surface area contributed by atoms with E-state index >= 15 is 0 Å². The van der Waals surface area contributed by atoms with Gasteiger partial charge in [-0.25, -0.2) is 8.42 Å². The van der Waals surface area contributed by atoms with E-state index in [1.165, 1.54) is 16.4 Å². The van der Waals surface area contributed by atoms with Crippen molar-refractivity contribution in [2.45, 2.75) is 11.0 Å². The van der Waals surface area contributed by atoms with Crippen LogP contribution in [0.3, 0.4) is 0 Å². The molecule has 0 radical (unpaired) electrons. The van der Waals surface area contributed by atoms with E-state index < -0.39 is 10.0 Å². The van der Waals surface area contributed by atoms with Gasteiger partial charge < -0.3 is 14.4 Å². The summed E-state index contributed by atoms with van der Waals surface area (Å²) < 4.78 is 37.6. The van der Waals surface area contributed by atoms with Crippen molar-refractivity contribution in [3.8, 4) is 5.75 Å². The summed E-state index contributed by atoms with van der Waals surface area (Å²) in [7, 11) is -3.56. The number of hydrogen-bond donors (Lipinski definition) is 0. The number of pyridine rings is 1. The first kappa shape index (κ1) is 18.9. The number of rotatable bonds is 5. The van der Waals surface area contributed by atoms with Crippen LogP contribution < -0.4 is 4.74 Å². The Hall–Kier alpha value is -2.49. The van der Waals surface area contributed by atoms with Gasteiger partial charge in [-0.15, -0.1) is 0 Å². The molecule has 0 unspecified atom stereocenters. The number of likely N-dealkylation sites (tertiary alicyclic amines) is 1. The fourth-order valence-corrected chi connectivity index (χ4v) is 4.58. The summed E-state index contributed by atoms with van der Waals surface area (Å²) >= 11 is 0. The molecule has 4 rings (SSSR count). The minimum atomic E-state index is -3.56. The van der Waals surface area contributed by atoms with Crippen molar-refractivity contribution in [2.24, 2.45) is 0 Å². The number of aromatic nitrogens is 1. The maximum Gasteiger partial charge on any atom is 0.254 e. The summed E-state index contributed by atoms with van der Waals surface area (Å²) in [4.78, 5) is 18.4. The summed E-state index contributed by atoms with van der Waals surface area (Å²) in [5.74, 6) is 0.540. The van der Waals surface area contributed by atoms with Gasteiger partial charge in [0.15, 0.2) is 0 Å². The second-order valence-electron chi connectivity index (χ2n) is 6.68. The molecule has 1 amide bonds. The van der Waals surface area contributed by atoms with Crippen molar-refractivity contribution in [2.75, 3.05) is 39.4 Å². The zero-order valence-electron chi connectivity index (χ0n) is 15.2. The Morgan fingerprint density at radius 2 is 1.82 bits per heavy atom. The van der Waals surface area contributed by atoms with Crippen molar-refractivity contribution >= 4 is 15.9 Å². The molecule has 2 fully saturated rings. The second kappa shape index (κ2) is 7.86.